The van der Waals surface area contributed by atoms with Crippen molar-refractivity contribution in [1.82, 2.24) is 35.1 Å². The number of aromatic amines is 2. The maximum Gasteiger partial charge on any atom is 0.254 e. The van der Waals surface area contributed by atoms with Crippen LogP contribution in [0.15, 0.2) is 49.1 Å². The number of nitrogens with one attached hydrogen (secondary N) is 3. The Morgan fingerprint density at radius 2 is 1.57 bits per heavy atom. The number of halogens is 2. The minimum atomic E-state index is -2.48. The number of benzene rings is 1. The molecule has 0 unspecified atom stereocenters. The minimum Gasteiger partial charge on any atom is -0.347 e. The van der Waals surface area contributed by atoms with Gasteiger partial charge in [0.25, 0.3) is 11.8 Å². The fourth-order valence-electron chi connectivity index (χ4n) is 5.40. The number of H-pyrrole nitrogens is 2. The Morgan fingerprint density at radius 3 is 2.11 bits per heavy atom. The quantitative estimate of drug-likeness (QED) is 0.402. The smallest absolute Gasteiger partial charge is 0.254 e. The number of carbonyl (C=O) groups excluding carboxylic acids is 1. The number of imidazole rings is 2. The lowest BCUT2D eigenvalue weighted by Crippen LogP contribution is -2.47. The molecule has 10 heteroatoms. The molecule has 198 valence electrons. The molecule has 0 bridgehead atoms. The molecule has 1 amide bonds. The molecule has 3 N–H and O–H groups in total. The molecule has 0 spiro atoms. The lowest BCUT2D eigenvalue weighted by molar-refractivity contribution is -0.0661. The van der Waals surface area contributed by atoms with Gasteiger partial charge in [-0.1, -0.05) is 12.1 Å². The second kappa shape index (κ2) is 11.5. The first kappa shape index (κ1) is 25.5. The summed E-state index contributed by atoms with van der Waals surface area (Å²) >= 11 is 0. The Bertz CT molecular complexity index is 1060. The van der Waals surface area contributed by atoms with E-state index in [4.69, 9.17) is 0 Å². The van der Waals surface area contributed by atoms with Crippen molar-refractivity contribution >= 4 is 5.91 Å². The van der Waals surface area contributed by atoms with Gasteiger partial charge in [-0.05, 0) is 43.4 Å². The van der Waals surface area contributed by atoms with E-state index in [0.717, 1.165) is 37.8 Å². The van der Waals surface area contributed by atoms with E-state index in [0.29, 0.717) is 55.5 Å². The van der Waals surface area contributed by atoms with Gasteiger partial charge in [-0.25, -0.2) is 18.7 Å². The summed E-state index contributed by atoms with van der Waals surface area (Å²) in [6.45, 7) is 2.49. The number of nitrogens with zero attached hydrogens (tertiary/aromatic N) is 4. The Morgan fingerprint density at radius 1 is 0.973 bits per heavy atom. The highest BCUT2D eigenvalue weighted by Crippen LogP contribution is 2.32. The monoisotopic (exact) mass is 511 g/mol. The molecule has 0 atom stereocenters. The van der Waals surface area contributed by atoms with Crippen molar-refractivity contribution in [2.45, 2.75) is 76.2 Å². The summed E-state index contributed by atoms with van der Waals surface area (Å²) < 4.78 is 26.9. The zero-order valence-electron chi connectivity index (χ0n) is 21.0. The van der Waals surface area contributed by atoms with Gasteiger partial charge in [-0.3, -0.25) is 9.69 Å². The second-order valence-electron chi connectivity index (χ2n) is 10.2. The number of rotatable bonds is 9. The van der Waals surface area contributed by atoms with Crippen molar-refractivity contribution < 1.29 is 13.6 Å². The van der Waals surface area contributed by atoms with Crippen molar-refractivity contribution in [3.63, 3.8) is 0 Å². The van der Waals surface area contributed by atoms with Crippen LogP contribution in [-0.2, 0) is 19.6 Å². The Kier molecular flexibility index (Phi) is 7.95. The van der Waals surface area contributed by atoms with Crippen LogP contribution in [0, 0.1) is 0 Å². The molecule has 37 heavy (non-hydrogen) atoms. The van der Waals surface area contributed by atoms with E-state index in [1.54, 1.807) is 29.7 Å². The number of carbonyl (C=O) groups is 1. The fraction of sp³-hybridized carbons (Fsp3) is 0.519. The van der Waals surface area contributed by atoms with Gasteiger partial charge in [0.15, 0.2) is 0 Å². The van der Waals surface area contributed by atoms with Crippen LogP contribution >= 0.6 is 0 Å². The van der Waals surface area contributed by atoms with Crippen molar-refractivity contribution in [3.05, 3.63) is 71.8 Å². The standard InChI is InChI=1S/C27H35F2N7O/c28-27(29)9-15-35(16-10-27)23-7-5-22(6-8-23)34-17-20-1-3-21(4-2-20)26(37)36(18-24-30-11-12-31-24)19-25-32-13-14-33-25/h1-4,11-14,22-23,34H,5-10,15-19H2,(H,30,31)(H,32,33). The Balaban J connectivity index is 1.11. The van der Waals surface area contributed by atoms with Gasteiger partial charge in [0.05, 0.1) is 13.1 Å². The number of alkyl halides is 2. The summed E-state index contributed by atoms with van der Waals surface area (Å²) in [6, 6.07) is 8.61. The molecule has 5 rings (SSSR count). The molecular formula is C27H35F2N7O. The SMILES string of the molecule is O=C(c1ccc(CNC2CCC(N3CCC(F)(F)CC3)CC2)cc1)N(Cc1ncc[nH]1)Cc1ncc[nH]1. The number of piperidine rings is 1. The maximum absolute atomic E-state index is 13.5. The number of aromatic nitrogens is 4. The van der Waals surface area contributed by atoms with E-state index in [1.807, 2.05) is 24.3 Å². The predicted molar refractivity (Wildman–Crippen MR) is 136 cm³/mol. The Labute approximate surface area is 215 Å². The first-order valence-electron chi connectivity index (χ1n) is 13.2. The highest BCUT2D eigenvalue weighted by molar-refractivity contribution is 5.94. The zero-order valence-corrected chi connectivity index (χ0v) is 21.0. The molecule has 1 saturated carbocycles. The van der Waals surface area contributed by atoms with Gasteiger partial charge in [0.2, 0.25) is 0 Å². The van der Waals surface area contributed by atoms with Gasteiger partial charge in [0.1, 0.15) is 11.6 Å². The number of hydrogen-bond donors (Lipinski definition) is 3. The number of likely N-dealkylation sites (tertiary alicyclic amines) is 1. The third kappa shape index (κ3) is 6.81. The molecule has 2 aromatic heterocycles. The first-order valence-corrected chi connectivity index (χ1v) is 13.2. The van der Waals surface area contributed by atoms with Crippen LogP contribution in [0.3, 0.4) is 0 Å². The van der Waals surface area contributed by atoms with Crippen LogP contribution in [0.4, 0.5) is 8.78 Å². The highest BCUT2D eigenvalue weighted by Gasteiger charge is 2.37. The summed E-state index contributed by atoms with van der Waals surface area (Å²) in [5.41, 5.74) is 1.75. The van der Waals surface area contributed by atoms with Gasteiger partial charge in [-0.2, -0.15) is 0 Å². The van der Waals surface area contributed by atoms with E-state index >= 15 is 0 Å². The summed E-state index contributed by atoms with van der Waals surface area (Å²) in [6.07, 6.45) is 11.0. The molecular weight excluding hydrogens is 476 g/mol. The lowest BCUT2D eigenvalue weighted by Gasteiger charge is -2.40. The summed E-state index contributed by atoms with van der Waals surface area (Å²) in [5, 5.41) is 3.65. The van der Waals surface area contributed by atoms with E-state index in [-0.39, 0.29) is 18.7 Å². The van der Waals surface area contributed by atoms with Crippen LogP contribution < -0.4 is 5.32 Å². The Hall–Kier alpha value is -3.11. The third-order valence-electron chi connectivity index (χ3n) is 7.62. The molecule has 2 fully saturated rings. The highest BCUT2D eigenvalue weighted by atomic mass is 19.3. The predicted octanol–water partition coefficient (Wildman–Crippen LogP) is 4.11. The van der Waals surface area contributed by atoms with Gasteiger partial charge in [0, 0.05) is 74.9 Å². The molecule has 1 saturated heterocycles. The largest absolute Gasteiger partial charge is 0.347 e. The van der Waals surface area contributed by atoms with Crippen molar-refractivity contribution in [3.8, 4) is 0 Å². The summed E-state index contributed by atoms with van der Waals surface area (Å²) in [5.74, 6) is -1.13. The first-order chi connectivity index (χ1) is 17.9. The summed E-state index contributed by atoms with van der Waals surface area (Å²) in [7, 11) is 0. The van der Waals surface area contributed by atoms with Crippen LogP contribution in [0.5, 0.6) is 0 Å². The molecule has 3 heterocycles. The second-order valence-corrected chi connectivity index (χ2v) is 10.2. The van der Waals surface area contributed by atoms with E-state index < -0.39 is 5.92 Å². The fourth-order valence-corrected chi connectivity index (χ4v) is 5.40. The molecule has 1 aromatic carbocycles. The molecule has 8 nitrogen and oxygen atoms in total. The van der Waals surface area contributed by atoms with Crippen molar-refractivity contribution in [2.24, 2.45) is 0 Å². The molecule has 3 aromatic rings. The van der Waals surface area contributed by atoms with Crippen LogP contribution in [0.2, 0.25) is 0 Å². The van der Waals surface area contributed by atoms with Crippen LogP contribution in [0.1, 0.15) is 66.1 Å². The van der Waals surface area contributed by atoms with Gasteiger partial charge in [-0.15, -0.1) is 0 Å². The minimum absolute atomic E-state index is 0.00681. The van der Waals surface area contributed by atoms with Gasteiger partial charge < -0.3 is 20.2 Å². The molecule has 1 aliphatic carbocycles. The summed E-state index contributed by atoms with van der Waals surface area (Å²) in [4.78, 5) is 31.9. The zero-order chi connectivity index (χ0) is 25.7. The average Bonchev–Trinajstić information content (AvgIpc) is 3.62. The molecule has 2 aliphatic rings. The number of amides is 1. The van der Waals surface area contributed by atoms with Crippen molar-refractivity contribution in [2.75, 3.05) is 13.1 Å². The van der Waals surface area contributed by atoms with E-state index in [9.17, 15) is 13.6 Å². The third-order valence-corrected chi connectivity index (χ3v) is 7.62. The normalized spacial score (nSPS) is 22.1. The van der Waals surface area contributed by atoms with Crippen molar-refractivity contribution in [1.29, 1.82) is 0 Å². The van der Waals surface area contributed by atoms with E-state index in [2.05, 4.69) is 30.2 Å². The molecule has 0 radical (unpaired) electrons. The van der Waals surface area contributed by atoms with Gasteiger partial charge >= 0.3 is 0 Å². The maximum atomic E-state index is 13.5. The lowest BCUT2D eigenvalue weighted by atomic mass is 9.88. The van der Waals surface area contributed by atoms with Crippen LogP contribution in [-0.4, -0.2) is 66.7 Å². The molecule has 1 aliphatic heterocycles. The topological polar surface area (TPSA) is 92.9 Å². The average molecular weight is 512 g/mol. The number of hydrogen-bond acceptors (Lipinski definition) is 5. The van der Waals surface area contributed by atoms with E-state index in [1.165, 1.54) is 0 Å². The van der Waals surface area contributed by atoms with Crippen LogP contribution in [0.25, 0.3) is 0 Å².